The van der Waals surface area contributed by atoms with Crippen molar-refractivity contribution >= 4 is 23.1 Å². The van der Waals surface area contributed by atoms with Crippen molar-refractivity contribution in [1.82, 2.24) is 4.90 Å². The molecule has 4 nitrogen and oxygen atoms in total. The van der Waals surface area contributed by atoms with Gasteiger partial charge in [-0.2, -0.15) is 0 Å². The molecule has 2 heterocycles. The maximum atomic E-state index is 13.5. The third-order valence-corrected chi connectivity index (χ3v) is 5.84. The molecule has 2 amide bonds. The molecule has 0 aliphatic carbocycles. The number of likely N-dealkylation sites (tertiary alicyclic amines) is 1. The molecule has 0 saturated carbocycles. The fourth-order valence-electron chi connectivity index (χ4n) is 4.17. The quantitative estimate of drug-likeness (QED) is 0.751. The Morgan fingerprint density at radius 3 is 2.36 bits per heavy atom. The first-order chi connectivity index (χ1) is 13.5. The highest BCUT2D eigenvalue weighted by Gasteiger charge is 2.43. The number of aryl methyl sites for hydroxylation is 2. The molecular weight excluding hydrogens is 348 g/mol. The highest BCUT2D eigenvalue weighted by Crippen LogP contribution is 2.36. The number of carbonyl (C=O) groups excluding carboxylic acids is 2. The lowest BCUT2D eigenvalue weighted by Gasteiger charge is -2.33. The third kappa shape index (κ3) is 3.13. The number of hydrogen-bond donors (Lipinski definition) is 0. The van der Waals surface area contributed by atoms with Crippen LogP contribution < -0.4 is 4.90 Å². The molecule has 1 fully saturated rings. The van der Waals surface area contributed by atoms with Crippen LogP contribution in [0.3, 0.4) is 0 Å². The largest absolute Gasteiger partial charge is 0.366 e. The van der Waals surface area contributed by atoms with Gasteiger partial charge in [0, 0.05) is 13.1 Å². The molecule has 1 atom stereocenters. The highest BCUT2D eigenvalue weighted by molar-refractivity contribution is 6.45. The molecule has 1 unspecified atom stereocenters. The molecule has 4 heteroatoms. The van der Waals surface area contributed by atoms with Crippen molar-refractivity contribution in [1.29, 1.82) is 0 Å². The Hall–Kier alpha value is -2.88. The molecule has 0 aromatic heterocycles. The second kappa shape index (κ2) is 7.27. The van der Waals surface area contributed by atoms with E-state index < -0.39 is 0 Å². The van der Waals surface area contributed by atoms with Crippen molar-refractivity contribution in [2.45, 2.75) is 33.6 Å². The van der Waals surface area contributed by atoms with Crippen molar-refractivity contribution in [3.8, 4) is 0 Å². The van der Waals surface area contributed by atoms with Crippen LogP contribution in [-0.4, -0.2) is 29.8 Å². The van der Waals surface area contributed by atoms with Gasteiger partial charge in [-0.3, -0.25) is 9.59 Å². The third-order valence-electron chi connectivity index (χ3n) is 5.84. The summed E-state index contributed by atoms with van der Waals surface area (Å²) in [6, 6.07) is 15.3. The minimum atomic E-state index is -0.229. The lowest BCUT2D eigenvalue weighted by atomic mass is 9.98. The Kier molecular flexibility index (Phi) is 4.80. The number of hydrogen-bond acceptors (Lipinski definition) is 3. The summed E-state index contributed by atoms with van der Waals surface area (Å²) in [5, 5.41) is 0. The van der Waals surface area contributed by atoms with Crippen LogP contribution in [0.4, 0.5) is 5.69 Å². The van der Waals surface area contributed by atoms with E-state index >= 15 is 0 Å². The van der Waals surface area contributed by atoms with Crippen LogP contribution in [0, 0.1) is 19.8 Å². The Labute approximate surface area is 166 Å². The van der Waals surface area contributed by atoms with E-state index in [4.69, 9.17) is 0 Å². The Morgan fingerprint density at radius 1 is 0.929 bits per heavy atom. The SMILES string of the molecule is Cc1ccc(N2C(=O)C(c3ccccc3)=C(N3CCCC(C)C3)C2=O)cc1C. The van der Waals surface area contributed by atoms with Gasteiger partial charge in [-0.15, -0.1) is 0 Å². The average Bonchev–Trinajstić information content (AvgIpc) is 2.95. The summed E-state index contributed by atoms with van der Waals surface area (Å²) in [7, 11) is 0. The van der Waals surface area contributed by atoms with Gasteiger partial charge < -0.3 is 4.90 Å². The van der Waals surface area contributed by atoms with Gasteiger partial charge in [0.25, 0.3) is 11.8 Å². The Morgan fingerprint density at radius 2 is 1.68 bits per heavy atom. The van der Waals surface area contributed by atoms with Gasteiger partial charge in [-0.25, -0.2) is 4.90 Å². The number of benzene rings is 2. The maximum Gasteiger partial charge on any atom is 0.282 e. The Bertz CT molecular complexity index is 962. The minimum absolute atomic E-state index is 0.207. The normalized spacial score (nSPS) is 20.3. The van der Waals surface area contributed by atoms with Crippen molar-refractivity contribution in [2.24, 2.45) is 5.92 Å². The number of anilines is 1. The average molecular weight is 374 g/mol. The number of nitrogens with zero attached hydrogens (tertiary/aromatic N) is 2. The first kappa shape index (κ1) is 18.5. The van der Waals surface area contributed by atoms with Crippen LogP contribution in [0.5, 0.6) is 0 Å². The molecule has 144 valence electrons. The first-order valence-electron chi connectivity index (χ1n) is 9.98. The second-order valence-electron chi connectivity index (χ2n) is 8.00. The highest BCUT2D eigenvalue weighted by atomic mass is 16.2. The fraction of sp³-hybridized carbons (Fsp3) is 0.333. The molecule has 0 spiro atoms. The molecule has 2 aliphatic heterocycles. The molecule has 2 aromatic rings. The van der Waals surface area contributed by atoms with Crippen LogP contribution in [0.1, 0.15) is 36.5 Å². The van der Waals surface area contributed by atoms with Crippen molar-refractivity contribution in [2.75, 3.05) is 18.0 Å². The number of piperidine rings is 1. The van der Waals surface area contributed by atoms with Gasteiger partial charge in [-0.05, 0) is 61.4 Å². The standard InChI is InChI=1S/C24H26N2O2/c1-16-8-7-13-25(15-16)22-21(19-9-5-4-6-10-19)23(27)26(24(22)28)20-12-11-17(2)18(3)14-20/h4-6,9-12,14,16H,7-8,13,15H2,1-3H3. The van der Waals surface area contributed by atoms with Gasteiger partial charge in [0.2, 0.25) is 0 Å². The Balaban J connectivity index is 1.82. The predicted octanol–water partition coefficient (Wildman–Crippen LogP) is 4.32. The molecule has 1 saturated heterocycles. The molecule has 4 rings (SSSR count). The smallest absolute Gasteiger partial charge is 0.282 e. The van der Waals surface area contributed by atoms with Gasteiger partial charge in [0.1, 0.15) is 5.70 Å². The summed E-state index contributed by atoms with van der Waals surface area (Å²) >= 11 is 0. The summed E-state index contributed by atoms with van der Waals surface area (Å²) in [6.07, 6.45) is 2.20. The molecular formula is C24H26N2O2. The molecule has 0 radical (unpaired) electrons. The number of amides is 2. The van der Waals surface area contributed by atoms with Crippen molar-refractivity contribution in [3.63, 3.8) is 0 Å². The van der Waals surface area contributed by atoms with Crippen LogP contribution in [-0.2, 0) is 9.59 Å². The lowest BCUT2D eigenvalue weighted by Crippen LogP contribution is -2.39. The van der Waals surface area contributed by atoms with Crippen LogP contribution in [0.25, 0.3) is 5.57 Å². The van der Waals surface area contributed by atoms with Gasteiger partial charge in [0.05, 0.1) is 11.3 Å². The van der Waals surface area contributed by atoms with E-state index in [-0.39, 0.29) is 11.8 Å². The number of rotatable bonds is 3. The van der Waals surface area contributed by atoms with Crippen molar-refractivity contribution < 1.29 is 9.59 Å². The maximum absolute atomic E-state index is 13.5. The summed E-state index contributed by atoms with van der Waals surface area (Å²) in [5.41, 5.74) is 4.74. The van der Waals surface area contributed by atoms with E-state index in [0.717, 1.165) is 42.6 Å². The molecule has 2 aromatic carbocycles. The predicted molar refractivity (Wildman–Crippen MR) is 112 cm³/mol. The van der Waals surface area contributed by atoms with Crippen LogP contribution >= 0.6 is 0 Å². The molecule has 2 aliphatic rings. The summed E-state index contributed by atoms with van der Waals surface area (Å²) in [5.74, 6) is 0.0748. The van der Waals surface area contributed by atoms with E-state index in [1.807, 2.05) is 62.4 Å². The zero-order chi connectivity index (χ0) is 19.8. The monoisotopic (exact) mass is 374 g/mol. The summed E-state index contributed by atoms with van der Waals surface area (Å²) in [4.78, 5) is 30.4. The van der Waals surface area contributed by atoms with Crippen LogP contribution in [0.15, 0.2) is 54.2 Å². The van der Waals surface area contributed by atoms with Crippen molar-refractivity contribution in [3.05, 3.63) is 70.9 Å². The fourth-order valence-corrected chi connectivity index (χ4v) is 4.17. The second-order valence-corrected chi connectivity index (χ2v) is 8.00. The van der Waals surface area contributed by atoms with Gasteiger partial charge in [-0.1, -0.05) is 43.3 Å². The van der Waals surface area contributed by atoms with E-state index in [1.165, 1.54) is 4.90 Å². The number of carbonyl (C=O) groups is 2. The number of imide groups is 1. The lowest BCUT2D eigenvalue weighted by molar-refractivity contribution is -0.120. The van der Waals surface area contributed by atoms with E-state index in [1.54, 1.807) is 0 Å². The van der Waals surface area contributed by atoms with E-state index in [9.17, 15) is 9.59 Å². The summed E-state index contributed by atoms with van der Waals surface area (Å²) in [6.45, 7) is 7.86. The van der Waals surface area contributed by atoms with E-state index in [2.05, 4.69) is 11.8 Å². The van der Waals surface area contributed by atoms with E-state index in [0.29, 0.717) is 22.9 Å². The van der Waals surface area contributed by atoms with Gasteiger partial charge in [0.15, 0.2) is 0 Å². The molecule has 28 heavy (non-hydrogen) atoms. The van der Waals surface area contributed by atoms with Crippen LogP contribution in [0.2, 0.25) is 0 Å². The first-order valence-corrected chi connectivity index (χ1v) is 9.98. The molecule has 0 bridgehead atoms. The molecule has 0 N–H and O–H groups in total. The van der Waals surface area contributed by atoms with Gasteiger partial charge >= 0.3 is 0 Å². The zero-order valence-electron chi connectivity index (χ0n) is 16.7. The minimum Gasteiger partial charge on any atom is -0.366 e. The topological polar surface area (TPSA) is 40.6 Å². The zero-order valence-corrected chi connectivity index (χ0v) is 16.7. The summed E-state index contributed by atoms with van der Waals surface area (Å²) < 4.78 is 0.